The summed E-state index contributed by atoms with van der Waals surface area (Å²) >= 11 is 0. The normalized spacial score (nSPS) is 19.3. The fraction of sp³-hybridized carbons (Fsp3) is 0.364. The molecule has 0 spiro atoms. The van der Waals surface area contributed by atoms with E-state index in [9.17, 15) is 13.2 Å². The van der Waals surface area contributed by atoms with E-state index in [1.54, 1.807) is 0 Å². The van der Waals surface area contributed by atoms with E-state index in [0.717, 1.165) is 12.1 Å². The van der Waals surface area contributed by atoms with Crippen LogP contribution in [0.5, 0.6) is 5.75 Å². The predicted octanol–water partition coefficient (Wildman–Crippen LogP) is 1.80. The molecule has 4 nitrogen and oxygen atoms in total. The molecule has 0 saturated heterocycles. The molecule has 0 saturated carbocycles. The number of amidine groups is 1. The van der Waals surface area contributed by atoms with E-state index in [-0.39, 0.29) is 18.7 Å². The van der Waals surface area contributed by atoms with Crippen molar-refractivity contribution in [3.8, 4) is 5.75 Å². The SMILES string of the molecule is NC1=NC(COc2ccc(C(F)(F)F)cc2)CO1. The first-order chi connectivity index (χ1) is 8.45. The van der Waals surface area contributed by atoms with Gasteiger partial charge in [0.25, 0.3) is 6.02 Å². The summed E-state index contributed by atoms with van der Waals surface area (Å²) in [6.45, 7) is 0.540. The van der Waals surface area contributed by atoms with Gasteiger partial charge in [-0.05, 0) is 24.3 Å². The zero-order chi connectivity index (χ0) is 13.2. The molecule has 0 fully saturated rings. The van der Waals surface area contributed by atoms with Gasteiger partial charge in [0, 0.05) is 0 Å². The molecule has 1 aromatic carbocycles. The van der Waals surface area contributed by atoms with Crippen LogP contribution >= 0.6 is 0 Å². The molecule has 1 unspecified atom stereocenters. The number of benzene rings is 1. The minimum Gasteiger partial charge on any atom is -0.491 e. The molecular weight excluding hydrogens is 249 g/mol. The number of nitrogens with zero attached hydrogens (tertiary/aromatic N) is 1. The topological polar surface area (TPSA) is 56.8 Å². The molecule has 98 valence electrons. The summed E-state index contributed by atoms with van der Waals surface area (Å²) in [5.74, 6) is 0.351. The van der Waals surface area contributed by atoms with Crippen molar-refractivity contribution in [3.63, 3.8) is 0 Å². The van der Waals surface area contributed by atoms with Crippen LogP contribution in [0.15, 0.2) is 29.3 Å². The Morgan fingerprint density at radius 2 is 2.00 bits per heavy atom. The molecule has 0 aromatic heterocycles. The maximum Gasteiger partial charge on any atom is 0.416 e. The maximum atomic E-state index is 12.3. The largest absolute Gasteiger partial charge is 0.491 e. The minimum atomic E-state index is -4.34. The summed E-state index contributed by atoms with van der Waals surface area (Å²) in [4.78, 5) is 3.93. The number of nitrogens with two attached hydrogens (primary N) is 1. The molecule has 0 aliphatic carbocycles. The van der Waals surface area contributed by atoms with E-state index in [2.05, 4.69) is 4.99 Å². The van der Waals surface area contributed by atoms with Crippen LogP contribution in [0, 0.1) is 0 Å². The van der Waals surface area contributed by atoms with Crippen LogP contribution in [-0.4, -0.2) is 25.3 Å². The highest BCUT2D eigenvalue weighted by atomic mass is 19.4. The molecular formula is C11H11F3N2O2. The van der Waals surface area contributed by atoms with Crippen molar-refractivity contribution in [2.24, 2.45) is 10.7 Å². The third kappa shape index (κ3) is 3.06. The van der Waals surface area contributed by atoms with Gasteiger partial charge in [0.1, 0.15) is 25.0 Å². The number of alkyl halides is 3. The van der Waals surface area contributed by atoms with Crippen molar-refractivity contribution in [1.29, 1.82) is 0 Å². The first-order valence-corrected chi connectivity index (χ1v) is 5.21. The van der Waals surface area contributed by atoms with Gasteiger partial charge in [-0.2, -0.15) is 13.2 Å². The molecule has 0 amide bonds. The van der Waals surface area contributed by atoms with Gasteiger partial charge in [-0.15, -0.1) is 0 Å². The third-order valence-corrected chi connectivity index (χ3v) is 2.36. The molecule has 1 aliphatic heterocycles. The summed E-state index contributed by atoms with van der Waals surface area (Å²) < 4.78 is 47.1. The number of aliphatic imine (C=N–C) groups is 1. The van der Waals surface area contributed by atoms with Crippen LogP contribution in [0.1, 0.15) is 5.56 Å². The zero-order valence-corrected chi connectivity index (χ0v) is 9.28. The van der Waals surface area contributed by atoms with E-state index in [4.69, 9.17) is 15.2 Å². The van der Waals surface area contributed by atoms with Crippen molar-refractivity contribution in [2.75, 3.05) is 13.2 Å². The average Bonchev–Trinajstić information content (AvgIpc) is 2.72. The van der Waals surface area contributed by atoms with Gasteiger partial charge in [0.15, 0.2) is 0 Å². The highest BCUT2D eigenvalue weighted by Crippen LogP contribution is 2.30. The second kappa shape index (κ2) is 4.75. The first kappa shape index (κ1) is 12.5. The van der Waals surface area contributed by atoms with Crippen molar-refractivity contribution in [3.05, 3.63) is 29.8 Å². The Kier molecular flexibility index (Phi) is 3.31. The summed E-state index contributed by atoms with van der Waals surface area (Å²) in [5, 5.41) is 0. The monoisotopic (exact) mass is 260 g/mol. The summed E-state index contributed by atoms with van der Waals surface area (Å²) in [6.07, 6.45) is -4.34. The van der Waals surface area contributed by atoms with Gasteiger partial charge in [0.2, 0.25) is 0 Å². The molecule has 18 heavy (non-hydrogen) atoms. The molecule has 1 heterocycles. The number of rotatable bonds is 3. The fourth-order valence-corrected chi connectivity index (χ4v) is 1.45. The van der Waals surface area contributed by atoms with Gasteiger partial charge in [0.05, 0.1) is 5.56 Å². The van der Waals surface area contributed by atoms with Gasteiger partial charge < -0.3 is 15.2 Å². The van der Waals surface area contributed by atoms with Crippen LogP contribution < -0.4 is 10.5 Å². The van der Waals surface area contributed by atoms with Crippen LogP contribution in [0.2, 0.25) is 0 Å². The molecule has 7 heteroatoms. The van der Waals surface area contributed by atoms with Crippen molar-refractivity contribution >= 4 is 6.02 Å². The Labute approximate surface area is 101 Å². The molecule has 2 rings (SSSR count). The Bertz CT molecular complexity index is 443. The predicted molar refractivity (Wildman–Crippen MR) is 58.3 cm³/mol. The minimum absolute atomic E-state index is 0.107. The van der Waals surface area contributed by atoms with E-state index >= 15 is 0 Å². The Morgan fingerprint density at radius 1 is 1.33 bits per heavy atom. The van der Waals surface area contributed by atoms with Crippen LogP contribution in [0.25, 0.3) is 0 Å². The number of halogens is 3. The fourth-order valence-electron chi connectivity index (χ4n) is 1.45. The first-order valence-electron chi connectivity index (χ1n) is 5.21. The second-order valence-electron chi connectivity index (χ2n) is 3.77. The number of hydrogen-bond donors (Lipinski definition) is 1. The lowest BCUT2D eigenvalue weighted by Gasteiger charge is -2.10. The molecule has 1 aromatic rings. The Hall–Kier alpha value is -1.92. The second-order valence-corrected chi connectivity index (χ2v) is 3.77. The van der Waals surface area contributed by atoms with Crippen molar-refractivity contribution in [2.45, 2.75) is 12.2 Å². The maximum absolute atomic E-state index is 12.3. The average molecular weight is 260 g/mol. The highest BCUT2D eigenvalue weighted by Gasteiger charge is 2.30. The van der Waals surface area contributed by atoms with Gasteiger partial charge in [-0.25, -0.2) is 4.99 Å². The Balaban J connectivity index is 1.91. The lowest BCUT2D eigenvalue weighted by molar-refractivity contribution is -0.137. The highest BCUT2D eigenvalue weighted by molar-refractivity contribution is 5.73. The van der Waals surface area contributed by atoms with E-state index in [1.807, 2.05) is 0 Å². The molecule has 0 bridgehead atoms. The van der Waals surface area contributed by atoms with E-state index < -0.39 is 11.7 Å². The molecule has 1 atom stereocenters. The summed E-state index contributed by atoms with van der Waals surface area (Å²) in [7, 11) is 0. The van der Waals surface area contributed by atoms with Crippen LogP contribution in [-0.2, 0) is 10.9 Å². The standard InChI is InChI=1S/C11H11F3N2O2/c12-11(13,14)7-1-3-9(4-2-7)17-5-8-6-18-10(15)16-8/h1-4,8H,5-6H2,(H2,15,16). The Morgan fingerprint density at radius 3 is 2.50 bits per heavy atom. The molecule has 1 aliphatic rings. The molecule has 2 N–H and O–H groups in total. The zero-order valence-electron chi connectivity index (χ0n) is 9.28. The third-order valence-electron chi connectivity index (χ3n) is 2.36. The van der Waals surface area contributed by atoms with Crippen LogP contribution in [0.3, 0.4) is 0 Å². The van der Waals surface area contributed by atoms with Crippen molar-refractivity contribution < 1.29 is 22.6 Å². The lowest BCUT2D eigenvalue weighted by Crippen LogP contribution is -2.17. The van der Waals surface area contributed by atoms with Gasteiger partial charge in [-0.1, -0.05) is 0 Å². The van der Waals surface area contributed by atoms with Gasteiger partial charge >= 0.3 is 6.18 Å². The number of hydrogen-bond acceptors (Lipinski definition) is 4. The van der Waals surface area contributed by atoms with E-state index in [1.165, 1.54) is 12.1 Å². The van der Waals surface area contributed by atoms with Crippen LogP contribution in [0.4, 0.5) is 13.2 Å². The number of ether oxygens (including phenoxy) is 2. The lowest BCUT2D eigenvalue weighted by atomic mass is 10.2. The van der Waals surface area contributed by atoms with Gasteiger partial charge in [-0.3, -0.25) is 0 Å². The molecule has 0 radical (unpaired) electrons. The quantitative estimate of drug-likeness (QED) is 0.901. The summed E-state index contributed by atoms with van der Waals surface area (Å²) in [6, 6.07) is 4.37. The van der Waals surface area contributed by atoms with Crippen molar-refractivity contribution in [1.82, 2.24) is 0 Å². The van der Waals surface area contributed by atoms with E-state index in [0.29, 0.717) is 12.4 Å². The summed E-state index contributed by atoms with van der Waals surface area (Å²) in [5.41, 5.74) is 4.60. The smallest absolute Gasteiger partial charge is 0.416 e.